The second-order valence-electron chi connectivity index (χ2n) is 3.78. The lowest BCUT2D eigenvalue weighted by Gasteiger charge is -2.04. The van der Waals surface area contributed by atoms with E-state index < -0.39 is 9.84 Å². The first-order valence-electron chi connectivity index (χ1n) is 5.45. The molecule has 0 spiro atoms. The molecule has 2 N–H and O–H groups in total. The Morgan fingerprint density at radius 2 is 1.61 bits per heavy atom. The third-order valence-electron chi connectivity index (χ3n) is 2.60. The number of aromatic nitrogens is 2. The summed E-state index contributed by atoms with van der Waals surface area (Å²) in [5, 5.41) is 0. The van der Waals surface area contributed by atoms with Gasteiger partial charge in [0.15, 0.2) is 0 Å². The van der Waals surface area contributed by atoms with Crippen LogP contribution in [-0.4, -0.2) is 18.4 Å². The standard InChI is InChI=1S/C12H13N3O2S/c1-2-9-3-5-10(6-4-9)18(16,17)11-7-14-12(13)15-8-11/h3-8H,2H2,1H3,(H2,13,14,15). The highest BCUT2D eigenvalue weighted by Crippen LogP contribution is 2.20. The predicted octanol–water partition coefficient (Wildman–Crippen LogP) is 1.45. The number of aryl methyl sites for hydroxylation is 1. The molecule has 0 atom stereocenters. The topological polar surface area (TPSA) is 85.9 Å². The van der Waals surface area contributed by atoms with Crippen molar-refractivity contribution in [2.75, 3.05) is 5.73 Å². The minimum Gasteiger partial charge on any atom is -0.368 e. The van der Waals surface area contributed by atoms with Gasteiger partial charge in [-0.1, -0.05) is 19.1 Å². The third kappa shape index (κ3) is 2.33. The molecule has 2 rings (SSSR count). The first-order chi connectivity index (χ1) is 8.54. The molecule has 1 aromatic heterocycles. The van der Waals surface area contributed by atoms with Crippen LogP contribution in [0.4, 0.5) is 5.95 Å². The minimum absolute atomic E-state index is 0.0425. The summed E-state index contributed by atoms with van der Waals surface area (Å²) in [6, 6.07) is 6.77. The molecule has 1 aromatic carbocycles. The van der Waals surface area contributed by atoms with Crippen molar-refractivity contribution in [1.29, 1.82) is 0 Å². The van der Waals surface area contributed by atoms with Gasteiger partial charge >= 0.3 is 0 Å². The van der Waals surface area contributed by atoms with Gasteiger partial charge in [0.1, 0.15) is 4.90 Å². The Kier molecular flexibility index (Phi) is 3.29. The highest BCUT2D eigenvalue weighted by molar-refractivity contribution is 7.91. The highest BCUT2D eigenvalue weighted by Gasteiger charge is 2.18. The van der Waals surface area contributed by atoms with Crippen LogP contribution in [0.2, 0.25) is 0 Å². The van der Waals surface area contributed by atoms with Crippen LogP contribution in [-0.2, 0) is 16.3 Å². The van der Waals surface area contributed by atoms with E-state index >= 15 is 0 Å². The van der Waals surface area contributed by atoms with Gasteiger partial charge in [-0.3, -0.25) is 0 Å². The van der Waals surface area contributed by atoms with Crippen molar-refractivity contribution in [1.82, 2.24) is 9.97 Å². The molecule has 2 aromatic rings. The van der Waals surface area contributed by atoms with Gasteiger partial charge in [-0.05, 0) is 24.1 Å². The van der Waals surface area contributed by atoms with Crippen molar-refractivity contribution in [2.45, 2.75) is 23.1 Å². The molecule has 94 valence electrons. The summed E-state index contributed by atoms with van der Waals surface area (Å²) < 4.78 is 24.4. The molecule has 5 nitrogen and oxygen atoms in total. The molecule has 6 heteroatoms. The number of anilines is 1. The van der Waals surface area contributed by atoms with Crippen LogP contribution in [0.15, 0.2) is 46.5 Å². The molecule has 0 radical (unpaired) electrons. The highest BCUT2D eigenvalue weighted by atomic mass is 32.2. The number of benzene rings is 1. The molecule has 0 aliphatic rings. The van der Waals surface area contributed by atoms with Crippen LogP contribution in [0.5, 0.6) is 0 Å². The second-order valence-corrected chi connectivity index (χ2v) is 5.73. The Morgan fingerprint density at radius 1 is 1.06 bits per heavy atom. The first-order valence-corrected chi connectivity index (χ1v) is 6.94. The van der Waals surface area contributed by atoms with Gasteiger partial charge in [0, 0.05) is 0 Å². The van der Waals surface area contributed by atoms with Crippen molar-refractivity contribution in [3.05, 3.63) is 42.2 Å². The minimum atomic E-state index is -3.56. The molecular weight excluding hydrogens is 250 g/mol. The Labute approximate surface area is 106 Å². The smallest absolute Gasteiger partial charge is 0.219 e. The summed E-state index contributed by atoms with van der Waals surface area (Å²) in [4.78, 5) is 7.66. The van der Waals surface area contributed by atoms with Crippen LogP contribution in [0.3, 0.4) is 0 Å². The first kappa shape index (κ1) is 12.5. The Bertz CT molecular complexity index is 634. The van der Waals surface area contributed by atoms with Gasteiger partial charge in [0.2, 0.25) is 15.8 Å². The average Bonchev–Trinajstić information content (AvgIpc) is 2.39. The number of nitrogens with zero attached hydrogens (tertiary/aromatic N) is 2. The van der Waals surface area contributed by atoms with Crippen molar-refractivity contribution >= 4 is 15.8 Å². The molecule has 0 fully saturated rings. The van der Waals surface area contributed by atoms with Crippen LogP contribution in [0.1, 0.15) is 12.5 Å². The summed E-state index contributed by atoms with van der Waals surface area (Å²) >= 11 is 0. The zero-order chi connectivity index (χ0) is 13.2. The van der Waals surface area contributed by atoms with Crippen molar-refractivity contribution in [3.8, 4) is 0 Å². The zero-order valence-corrected chi connectivity index (χ0v) is 10.7. The number of rotatable bonds is 3. The fraction of sp³-hybridized carbons (Fsp3) is 0.167. The van der Waals surface area contributed by atoms with Crippen molar-refractivity contribution < 1.29 is 8.42 Å². The predicted molar refractivity (Wildman–Crippen MR) is 67.7 cm³/mol. The van der Waals surface area contributed by atoms with E-state index in [1.807, 2.05) is 6.92 Å². The fourth-order valence-corrected chi connectivity index (χ4v) is 2.65. The Hall–Kier alpha value is -1.95. The maximum Gasteiger partial charge on any atom is 0.219 e. The van der Waals surface area contributed by atoms with Crippen molar-refractivity contribution in [3.63, 3.8) is 0 Å². The Balaban J connectivity index is 2.44. The number of hydrogen-bond acceptors (Lipinski definition) is 5. The van der Waals surface area contributed by atoms with E-state index in [0.29, 0.717) is 0 Å². The van der Waals surface area contributed by atoms with Gasteiger partial charge in [0.25, 0.3) is 0 Å². The fourth-order valence-electron chi connectivity index (χ4n) is 1.51. The summed E-state index contributed by atoms with van der Waals surface area (Å²) in [6.07, 6.45) is 3.29. The SMILES string of the molecule is CCc1ccc(S(=O)(=O)c2cnc(N)nc2)cc1. The Morgan fingerprint density at radius 3 is 2.11 bits per heavy atom. The average molecular weight is 263 g/mol. The quantitative estimate of drug-likeness (QED) is 0.905. The lowest BCUT2D eigenvalue weighted by molar-refractivity contribution is 0.595. The summed E-state index contributed by atoms with van der Waals surface area (Å²) in [5.41, 5.74) is 6.42. The second kappa shape index (κ2) is 4.73. The van der Waals surface area contributed by atoms with Crippen LogP contribution < -0.4 is 5.73 Å². The molecule has 0 bridgehead atoms. The summed E-state index contributed by atoms with van der Waals surface area (Å²) in [7, 11) is -3.56. The van der Waals surface area contributed by atoms with E-state index in [1.54, 1.807) is 24.3 Å². The van der Waals surface area contributed by atoms with Gasteiger partial charge in [-0.15, -0.1) is 0 Å². The molecule has 1 heterocycles. The lowest BCUT2D eigenvalue weighted by Crippen LogP contribution is -2.04. The molecule has 0 aliphatic carbocycles. The van der Waals surface area contributed by atoms with E-state index in [1.165, 1.54) is 12.4 Å². The van der Waals surface area contributed by atoms with Crippen LogP contribution in [0, 0.1) is 0 Å². The largest absolute Gasteiger partial charge is 0.368 e. The zero-order valence-electron chi connectivity index (χ0n) is 9.87. The van der Waals surface area contributed by atoms with Gasteiger partial charge in [-0.25, -0.2) is 18.4 Å². The normalized spacial score (nSPS) is 11.4. The molecule has 0 aliphatic heterocycles. The van der Waals surface area contributed by atoms with Crippen molar-refractivity contribution in [2.24, 2.45) is 0 Å². The van der Waals surface area contributed by atoms with E-state index in [4.69, 9.17) is 5.73 Å². The molecule has 0 saturated carbocycles. The molecule has 0 unspecified atom stereocenters. The maximum absolute atomic E-state index is 12.2. The van der Waals surface area contributed by atoms with E-state index in [9.17, 15) is 8.42 Å². The summed E-state index contributed by atoms with van der Waals surface area (Å²) in [6.45, 7) is 2.01. The van der Waals surface area contributed by atoms with E-state index in [2.05, 4.69) is 9.97 Å². The number of nitrogens with two attached hydrogens (primary N) is 1. The van der Waals surface area contributed by atoms with E-state index in [0.717, 1.165) is 12.0 Å². The van der Waals surface area contributed by atoms with Crippen LogP contribution >= 0.6 is 0 Å². The molecule has 18 heavy (non-hydrogen) atoms. The number of hydrogen-bond donors (Lipinski definition) is 1. The number of sulfone groups is 1. The maximum atomic E-state index is 12.2. The molecular formula is C12H13N3O2S. The summed E-state index contributed by atoms with van der Waals surface area (Å²) in [5.74, 6) is 0.0512. The van der Waals surface area contributed by atoms with Crippen LogP contribution in [0.25, 0.3) is 0 Å². The third-order valence-corrected chi connectivity index (χ3v) is 4.32. The molecule has 0 saturated heterocycles. The van der Waals surface area contributed by atoms with Gasteiger partial charge in [0.05, 0.1) is 17.3 Å². The molecule has 0 amide bonds. The number of nitrogen functional groups attached to an aromatic ring is 1. The lowest BCUT2D eigenvalue weighted by atomic mass is 10.2. The monoisotopic (exact) mass is 263 g/mol. The van der Waals surface area contributed by atoms with Gasteiger partial charge < -0.3 is 5.73 Å². The van der Waals surface area contributed by atoms with Gasteiger partial charge in [-0.2, -0.15) is 0 Å². The van der Waals surface area contributed by atoms with E-state index in [-0.39, 0.29) is 15.7 Å².